The van der Waals surface area contributed by atoms with Crippen LogP contribution in [-0.2, 0) is 4.79 Å². The standard InChI is InChI=1S/C16H15N3O3.C6H12N2O/c17-14(18)11-7-4-8-12(9-11)15(20)19-13(16(21)22)10-5-2-1-3-6-10;7-6(9)8-4-2-1-3-5-8/h1-9,13H,(H3,17,18)(H,19,20)(H,21,22);1-5H2,(H2,7,9)/t13-;/m1./s1. The molecule has 164 valence electrons. The highest BCUT2D eigenvalue weighted by Crippen LogP contribution is 2.14. The normalized spacial score (nSPS) is 13.9. The zero-order chi connectivity index (χ0) is 22.8. The Kier molecular flexibility index (Phi) is 8.56. The van der Waals surface area contributed by atoms with E-state index >= 15 is 0 Å². The predicted octanol–water partition coefficient (Wildman–Crippen LogP) is 2.08. The van der Waals surface area contributed by atoms with Gasteiger partial charge in [-0.1, -0.05) is 42.5 Å². The van der Waals surface area contributed by atoms with Gasteiger partial charge in [0.2, 0.25) is 0 Å². The van der Waals surface area contributed by atoms with E-state index in [4.69, 9.17) is 16.9 Å². The van der Waals surface area contributed by atoms with Crippen LogP contribution in [0.2, 0.25) is 0 Å². The minimum Gasteiger partial charge on any atom is -0.479 e. The Bertz CT molecular complexity index is 927. The number of rotatable bonds is 5. The number of carboxylic acids is 1. The Morgan fingerprint density at radius 2 is 1.55 bits per heavy atom. The third-order valence-electron chi connectivity index (χ3n) is 4.76. The molecule has 1 atom stereocenters. The molecule has 9 heteroatoms. The van der Waals surface area contributed by atoms with Crippen molar-refractivity contribution in [3.05, 3.63) is 71.3 Å². The number of nitrogen functional groups attached to an aromatic ring is 1. The monoisotopic (exact) mass is 425 g/mol. The third kappa shape index (κ3) is 7.14. The number of aliphatic carboxylic acids is 1. The maximum absolute atomic E-state index is 12.2. The number of carboxylic acid groups (broad SMARTS) is 1. The van der Waals surface area contributed by atoms with Gasteiger partial charge in [-0.25, -0.2) is 9.59 Å². The zero-order valence-electron chi connectivity index (χ0n) is 17.1. The fourth-order valence-electron chi connectivity index (χ4n) is 3.09. The molecule has 0 saturated carbocycles. The Morgan fingerprint density at radius 1 is 0.935 bits per heavy atom. The first-order valence-corrected chi connectivity index (χ1v) is 9.87. The van der Waals surface area contributed by atoms with Crippen LogP contribution in [0.5, 0.6) is 0 Å². The lowest BCUT2D eigenvalue weighted by Crippen LogP contribution is -2.39. The van der Waals surface area contributed by atoms with Crippen molar-refractivity contribution in [2.24, 2.45) is 11.5 Å². The number of hydrogen-bond donors (Lipinski definition) is 5. The average Bonchev–Trinajstić information content (AvgIpc) is 2.78. The summed E-state index contributed by atoms with van der Waals surface area (Å²) < 4.78 is 0. The Hall–Kier alpha value is -3.88. The molecule has 0 aliphatic carbocycles. The summed E-state index contributed by atoms with van der Waals surface area (Å²) in [6.45, 7) is 1.71. The Balaban J connectivity index is 0.000000316. The summed E-state index contributed by atoms with van der Waals surface area (Å²) in [5.41, 5.74) is 11.6. The highest BCUT2D eigenvalue weighted by atomic mass is 16.4. The van der Waals surface area contributed by atoms with Gasteiger partial charge in [-0.15, -0.1) is 0 Å². The first-order chi connectivity index (χ1) is 14.8. The molecule has 0 spiro atoms. The molecule has 31 heavy (non-hydrogen) atoms. The van der Waals surface area contributed by atoms with Crippen LogP contribution in [0.3, 0.4) is 0 Å². The highest BCUT2D eigenvalue weighted by Gasteiger charge is 2.22. The van der Waals surface area contributed by atoms with Crippen LogP contribution in [0, 0.1) is 5.41 Å². The molecule has 0 unspecified atom stereocenters. The van der Waals surface area contributed by atoms with Crippen molar-refractivity contribution in [2.75, 3.05) is 13.1 Å². The highest BCUT2D eigenvalue weighted by molar-refractivity contribution is 6.01. The van der Waals surface area contributed by atoms with Crippen molar-refractivity contribution in [2.45, 2.75) is 25.3 Å². The lowest BCUT2D eigenvalue weighted by molar-refractivity contribution is -0.139. The number of piperidine rings is 1. The molecule has 2 aromatic rings. The van der Waals surface area contributed by atoms with E-state index in [1.54, 1.807) is 47.4 Å². The molecule has 0 radical (unpaired) electrons. The van der Waals surface area contributed by atoms with Crippen molar-refractivity contribution >= 4 is 23.7 Å². The number of primary amides is 1. The van der Waals surface area contributed by atoms with E-state index in [0.717, 1.165) is 25.9 Å². The molecule has 1 heterocycles. The SMILES string of the molecule is N=C(N)c1cccc(C(=O)N[C@@H](C(=O)O)c2ccccc2)c1.NC(=O)N1CCCCC1. The number of likely N-dealkylation sites (tertiary alicyclic amines) is 1. The molecule has 1 aliphatic rings. The summed E-state index contributed by atoms with van der Waals surface area (Å²) in [7, 11) is 0. The van der Waals surface area contributed by atoms with E-state index in [1.165, 1.54) is 18.6 Å². The van der Waals surface area contributed by atoms with Crippen LogP contribution in [0.1, 0.15) is 46.8 Å². The van der Waals surface area contributed by atoms with Gasteiger partial charge in [-0.2, -0.15) is 0 Å². The van der Waals surface area contributed by atoms with E-state index in [1.807, 2.05) is 0 Å². The number of nitrogens with one attached hydrogen (secondary N) is 2. The number of urea groups is 1. The van der Waals surface area contributed by atoms with Crippen molar-refractivity contribution < 1.29 is 19.5 Å². The summed E-state index contributed by atoms with van der Waals surface area (Å²) in [5, 5.41) is 19.1. The molecule has 0 bridgehead atoms. The van der Waals surface area contributed by atoms with Crippen molar-refractivity contribution in [1.29, 1.82) is 5.41 Å². The second-order valence-electron chi connectivity index (χ2n) is 7.04. The summed E-state index contributed by atoms with van der Waals surface area (Å²) in [6, 6.07) is 13.2. The smallest absolute Gasteiger partial charge is 0.330 e. The van der Waals surface area contributed by atoms with E-state index < -0.39 is 17.9 Å². The molecule has 0 aromatic heterocycles. The fraction of sp³-hybridized carbons (Fsp3) is 0.273. The van der Waals surface area contributed by atoms with E-state index in [-0.39, 0.29) is 17.4 Å². The lowest BCUT2D eigenvalue weighted by atomic mass is 10.1. The minimum absolute atomic E-state index is 0.160. The van der Waals surface area contributed by atoms with E-state index in [2.05, 4.69) is 5.32 Å². The second kappa shape index (κ2) is 11.3. The number of benzene rings is 2. The zero-order valence-corrected chi connectivity index (χ0v) is 17.1. The van der Waals surface area contributed by atoms with Crippen LogP contribution >= 0.6 is 0 Å². The quantitative estimate of drug-likeness (QED) is 0.365. The number of amidine groups is 1. The van der Waals surface area contributed by atoms with Gasteiger partial charge in [0.15, 0.2) is 6.04 Å². The molecule has 1 saturated heterocycles. The van der Waals surface area contributed by atoms with Crippen molar-refractivity contribution in [1.82, 2.24) is 10.2 Å². The van der Waals surface area contributed by atoms with Gasteiger partial charge in [-0.05, 0) is 37.0 Å². The van der Waals surface area contributed by atoms with Gasteiger partial charge in [0.1, 0.15) is 5.84 Å². The molecular weight excluding hydrogens is 398 g/mol. The van der Waals surface area contributed by atoms with E-state index in [0.29, 0.717) is 11.1 Å². The molecule has 2 aromatic carbocycles. The summed E-state index contributed by atoms with van der Waals surface area (Å²) in [6.07, 6.45) is 3.47. The number of amides is 3. The van der Waals surface area contributed by atoms with Crippen molar-refractivity contribution in [3.8, 4) is 0 Å². The minimum atomic E-state index is -1.15. The van der Waals surface area contributed by atoms with Gasteiger partial charge in [0, 0.05) is 24.2 Å². The maximum atomic E-state index is 12.2. The third-order valence-corrected chi connectivity index (χ3v) is 4.76. The van der Waals surface area contributed by atoms with Crippen LogP contribution in [0.15, 0.2) is 54.6 Å². The van der Waals surface area contributed by atoms with Gasteiger partial charge in [-0.3, -0.25) is 10.2 Å². The van der Waals surface area contributed by atoms with Crippen LogP contribution in [0.25, 0.3) is 0 Å². The number of nitrogens with two attached hydrogens (primary N) is 2. The molecule has 3 rings (SSSR count). The predicted molar refractivity (Wildman–Crippen MR) is 117 cm³/mol. The first kappa shape index (κ1) is 23.4. The first-order valence-electron chi connectivity index (χ1n) is 9.87. The molecule has 3 amide bonds. The summed E-state index contributed by atoms with van der Waals surface area (Å²) >= 11 is 0. The Labute approximate surface area is 180 Å². The molecule has 1 aliphatic heterocycles. The van der Waals surface area contributed by atoms with Gasteiger partial charge in [0.25, 0.3) is 5.91 Å². The summed E-state index contributed by atoms with van der Waals surface area (Å²) in [5.74, 6) is -1.85. The molecular formula is C22H27N5O4. The van der Waals surface area contributed by atoms with E-state index in [9.17, 15) is 19.5 Å². The Morgan fingerprint density at radius 3 is 2.06 bits per heavy atom. The molecule has 9 nitrogen and oxygen atoms in total. The fourth-order valence-corrected chi connectivity index (χ4v) is 3.09. The number of carbonyl (C=O) groups is 3. The number of carbonyl (C=O) groups excluding carboxylic acids is 2. The number of hydrogen-bond acceptors (Lipinski definition) is 4. The van der Waals surface area contributed by atoms with Crippen molar-refractivity contribution in [3.63, 3.8) is 0 Å². The molecule has 7 N–H and O–H groups in total. The molecule has 1 fully saturated rings. The largest absolute Gasteiger partial charge is 0.479 e. The topological polar surface area (TPSA) is 163 Å². The van der Waals surface area contributed by atoms with Gasteiger partial charge >= 0.3 is 12.0 Å². The summed E-state index contributed by atoms with van der Waals surface area (Å²) in [4.78, 5) is 35.8. The maximum Gasteiger partial charge on any atom is 0.330 e. The van der Waals surface area contributed by atoms with Gasteiger partial charge in [0.05, 0.1) is 0 Å². The van der Waals surface area contributed by atoms with Crippen LogP contribution in [-0.4, -0.2) is 46.8 Å². The lowest BCUT2D eigenvalue weighted by Gasteiger charge is -2.24. The second-order valence-corrected chi connectivity index (χ2v) is 7.04. The van der Waals surface area contributed by atoms with Crippen LogP contribution < -0.4 is 16.8 Å². The number of nitrogens with zero attached hydrogens (tertiary/aromatic N) is 1. The average molecular weight is 425 g/mol. The van der Waals surface area contributed by atoms with Crippen LogP contribution in [0.4, 0.5) is 4.79 Å². The van der Waals surface area contributed by atoms with Gasteiger partial charge < -0.3 is 26.8 Å².